The molecule has 0 radical (unpaired) electrons. The Morgan fingerprint density at radius 2 is 2.33 bits per heavy atom. The molecule has 0 fully saturated rings. The maximum atomic E-state index is 9.49. The van der Waals surface area contributed by atoms with E-state index in [-0.39, 0.29) is 0 Å². The van der Waals surface area contributed by atoms with Crippen molar-refractivity contribution in [3.05, 3.63) is 47.7 Å². The highest BCUT2D eigenvalue weighted by molar-refractivity contribution is 5.24. The summed E-state index contributed by atoms with van der Waals surface area (Å²) in [5, 5.41) is 9.49. The highest BCUT2D eigenvalue weighted by Crippen LogP contribution is 2.25. The molecule has 0 amide bonds. The molecule has 0 heterocycles. The van der Waals surface area contributed by atoms with Crippen molar-refractivity contribution < 1.29 is 9.84 Å². The Morgan fingerprint density at radius 1 is 1.47 bits per heavy atom. The van der Waals surface area contributed by atoms with E-state index in [1.165, 1.54) is 0 Å². The molecular formula is C13H16O2. The fraction of sp³-hybridized carbons (Fsp3) is 0.385. The minimum Gasteiger partial charge on any atom is -0.512 e. The minimum absolute atomic E-state index is 0.352. The first-order chi connectivity index (χ1) is 7.24. The normalized spacial score (nSPS) is 25.4. The lowest BCUT2D eigenvalue weighted by atomic mass is 10.0. The van der Waals surface area contributed by atoms with Gasteiger partial charge < -0.3 is 9.84 Å². The summed E-state index contributed by atoms with van der Waals surface area (Å²) in [5.41, 5.74) is 0. The van der Waals surface area contributed by atoms with Crippen molar-refractivity contribution in [2.24, 2.45) is 5.92 Å². The number of rotatable bonds is 2. The molecule has 2 aliphatic rings. The van der Waals surface area contributed by atoms with Crippen LogP contribution in [0.2, 0.25) is 0 Å². The van der Waals surface area contributed by atoms with E-state index in [0.717, 1.165) is 24.4 Å². The van der Waals surface area contributed by atoms with Crippen LogP contribution in [0.3, 0.4) is 0 Å². The first-order valence-corrected chi connectivity index (χ1v) is 5.39. The second-order valence-corrected chi connectivity index (χ2v) is 4.09. The fourth-order valence-corrected chi connectivity index (χ4v) is 1.82. The quantitative estimate of drug-likeness (QED) is 0.744. The van der Waals surface area contributed by atoms with Crippen molar-refractivity contribution >= 4 is 0 Å². The Morgan fingerprint density at radius 3 is 3.00 bits per heavy atom. The molecule has 80 valence electrons. The van der Waals surface area contributed by atoms with Crippen LogP contribution in [0.5, 0.6) is 0 Å². The van der Waals surface area contributed by atoms with Crippen molar-refractivity contribution in [3.8, 4) is 0 Å². The Labute approximate surface area is 90.3 Å². The monoisotopic (exact) mass is 204 g/mol. The maximum absolute atomic E-state index is 9.49. The summed E-state index contributed by atoms with van der Waals surface area (Å²) in [6, 6.07) is 0. The Hall–Kier alpha value is -1.44. The average Bonchev–Trinajstić information content (AvgIpc) is 2.17. The Bertz CT molecular complexity index is 359. The topological polar surface area (TPSA) is 29.5 Å². The molecule has 2 aliphatic carbocycles. The SMILES string of the molecule is CC1C=C(OC2=CC=CCC2)C=C(O)C1. The first-order valence-electron chi connectivity index (χ1n) is 5.39. The molecule has 2 nitrogen and oxygen atoms in total. The van der Waals surface area contributed by atoms with Gasteiger partial charge in [0.2, 0.25) is 0 Å². The van der Waals surface area contributed by atoms with Crippen molar-refractivity contribution in [2.75, 3.05) is 0 Å². The molecule has 1 atom stereocenters. The first kappa shape index (κ1) is 10.1. The van der Waals surface area contributed by atoms with Crippen LogP contribution in [0.15, 0.2) is 47.7 Å². The molecule has 0 aromatic heterocycles. The number of ether oxygens (including phenoxy) is 1. The molecule has 2 heteroatoms. The molecule has 0 aromatic rings. The third-order valence-corrected chi connectivity index (χ3v) is 2.51. The van der Waals surface area contributed by atoms with Gasteiger partial charge in [0, 0.05) is 18.9 Å². The van der Waals surface area contributed by atoms with Crippen LogP contribution < -0.4 is 0 Å². The lowest BCUT2D eigenvalue weighted by molar-refractivity contribution is 0.284. The summed E-state index contributed by atoms with van der Waals surface area (Å²) in [4.78, 5) is 0. The van der Waals surface area contributed by atoms with Crippen LogP contribution >= 0.6 is 0 Å². The smallest absolute Gasteiger partial charge is 0.126 e. The van der Waals surface area contributed by atoms with E-state index in [1.807, 2.05) is 12.2 Å². The van der Waals surface area contributed by atoms with Crippen molar-refractivity contribution in [1.29, 1.82) is 0 Å². The van der Waals surface area contributed by atoms with Crippen LogP contribution in [0.4, 0.5) is 0 Å². The molecule has 0 aliphatic heterocycles. The van der Waals surface area contributed by atoms with Crippen LogP contribution in [0.25, 0.3) is 0 Å². The summed E-state index contributed by atoms with van der Waals surface area (Å²) in [6.45, 7) is 2.07. The molecule has 1 unspecified atom stereocenters. The molecule has 15 heavy (non-hydrogen) atoms. The van der Waals surface area contributed by atoms with Crippen molar-refractivity contribution in [1.82, 2.24) is 0 Å². The van der Waals surface area contributed by atoms with Gasteiger partial charge in [-0.3, -0.25) is 0 Å². The largest absolute Gasteiger partial charge is 0.512 e. The third kappa shape index (κ3) is 2.75. The van der Waals surface area contributed by atoms with E-state index >= 15 is 0 Å². The molecule has 0 aromatic carbocycles. The van der Waals surface area contributed by atoms with Crippen molar-refractivity contribution in [2.45, 2.75) is 26.2 Å². The van der Waals surface area contributed by atoms with Gasteiger partial charge >= 0.3 is 0 Å². The van der Waals surface area contributed by atoms with E-state index in [4.69, 9.17) is 4.74 Å². The lowest BCUT2D eigenvalue weighted by Crippen LogP contribution is -2.04. The van der Waals surface area contributed by atoms with Gasteiger partial charge in [-0.15, -0.1) is 0 Å². The van der Waals surface area contributed by atoms with Crippen LogP contribution in [0.1, 0.15) is 26.2 Å². The molecule has 2 rings (SSSR count). The summed E-state index contributed by atoms with van der Waals surface area (Å²) >= 11 is 0. The fourth-order valence-electron chi connectivity index (χ4n) is 1.82. The van der Waals surface area contributed by atoms with Gasteiger partial charge in [-0.05, 0) is 24.5 Å². The van der Waals surface area contributed by atoms with Gasteiger partial charge in [0.05, 0.1) is 5.76 Å². The highest BCUT2D eigenvalue weighted by Gasteiger charge is 2.13. The van der Waals surface area contributed by atoms with E-state index in [9.17, 15) is 5.11 Å². The second kappa shape index (κ2) is 4.39. The molecule has 1 N–H and O–H groups in total. The minimum atomic E-state index is 0.352. The van der Waals surface area contributed by atoms with Crippen LogP contribution in [0, 0.1) is 5.92 Å². The summed E-state index contributed by atoms with van der Waals surface area (Å²) < 4.78 is 5.71. The number of aliphatic hydroxyl groups is 1. The zero-order valence-electron chi connectivity index (χ0n) is 8.94. The maximum Gasteiger partial charge on any atom is 0.126 e. The predicted molar refractivity (Wildman–Crippen MR) is 60.1 cm³/mol. The molecule has 0 spiro atoms. The number of allylic oxidation sites excluding steroid dienone is 7. The van der Waals surface area contributed by atoms with Gasteiger partial charge in [-0.25, -0.2) is 0 Å². The predicted octanol–water partition coefficient (Wildman–Crippen LogP) is 3.60. The zero-order chi connectivity index (χ0) is 10.7. The summed E-state index contributed by atoms with van der Waals surface area (Å²) in [6.07, 6.45) is 12.6. The number of aliphatic hydroxyl groups excluding tert-OH is 1. The van der Waals surface area contributed by atoms with Gasteiger partial charge in [-0.1, -0.05) is 19.1 Å². The van der Waals surface area contributed by atoms with Gasteiger partial charge in [0.1, 0.15) is 11.5 Å². The van der Waals surface area contributed by atoms with E-state index in [1.54, 1.807) is 6.08 Å². The van der Waals surface area contributed by atoms with E-state index in [2.05, 4.69) is 19.1 Å². The van der Waals surface area contributed by atoms with Crippen LogP contribution in [-0.2, 0) is 4.74 Å². The van der Waals surface area contributed by atoms with Gasteiger partial charge in [0.25, 0.3) is 0 Å². The van der Waals surface area contributed by atoms with E-state index < -0.39 is 0 Å². The van der Waals surface area contributed by atoms with Crippen molar-refractivity contribution in [3.63, 3.8) is 0 Å². The molecule has 0 saturated carbocycles. The van der Waals surface area contributed by atoms with Gasteiger partial charge in [-0.2, -0.15) is 0 Å². The molecule has 0 bridgehead atoms. The summed E-state index contributed by atoms with van der Waals surface area (Å²) in [5.74, 6) is 2.51. The van der Waals surface area contributed by atoms with Gasteiger partial charge in [0.15, 0.2) is 0 Å². The average molecular weight is 204 g/mol. The van der Waals surface area contributed by atoms with Crippen LogP contribution in [-0.4, -0.2) is 5.11 Å². The standard InChI is InChI=1S/C13H16O2/c1-10-7-11(14)9-13(8-10)15-12-5-3-2-4-6-12/h2-3,5,8-10,14H,4,6-7H2,1H3. The lowest BCUT2D eigenvalue weighted by Gasteiger charge is -2.17. The zero-order valence-corrected chi connectivity index (χ0v) is 8.94. The molecule has 0 saturated heterocycles. The third-order valence-electron chi connectivity index (χ3n) is 2.51. The highest BCUT2D eigenvalue weighted by atomic mass is 16.5. The van der Waals surface area contributed by atoms with E-state index in [0.29, 0.717) is 18.1 Å². The molecular weight excluding hydrogens is 188 g/mol. The summed E-state index contributed by atoms with van der Waals surface area (Å²) in [7, 11) is 0. The number of hydrogen-bond acceptors (Lipinski definition) is 2. The Balaban J connectivity index is 2.05. The second-order valence-electron chi connectivity index (χ2n) is 4.09. The Kier molecular flexibility index (Phi) is 2.95. The number of hydrogen-bond donors (Lipinski definition) is 1.